The van der Waals surface area contributed by atoms with Gasteiger partial charge in [0.05, 0.1) is 6.61 Å². The van der Waals surface area contributed by atoms with Gasteiger partial charge in [0.25, 0.3) is 0 Å². The first-order chi connectivity index (χ1) is 18.5. The van der Waals surface area contributed by atoms with E-state index in [-0.39, 0.29) is 12.4 Å². The molecule has 0 bridgehead atoms. The number of carboxylic acids is 2. The lowest BCUT2D eigenvalue weighted by atomic mass is 9.97. The fraction of sp³-hybridized carbons (Fsp3) is 0.393. The fourth-order valence-corrected chi connectivity index (χ4v) is 4.52. The van der Waals surface area contributed by atoms with Crippen LogP contribution in [0.3, 0.4) is 0 Å². The van der Waals surface area contributed by atoms with Crippen molar-refractivity contribution >= 4 is 28.9 Å². The first-order valence-electron chi connectivity index (χ1n) is 12.6. The minimum Gasteiger partial charge on any atom is -0.508 e. The monoisotopic (exact) mass is 543 g/mol. The van der Waals surface area contributed by atoms with Crippen LogP contribution in [-0.2, 0) is 20.9 Å². The third-order valence-electron chi connectivity index (χ3n) is 6.38. The lowest BCUT2D eigenvalue weighted by molar-refractivity contribution is -0.165. The number of aliphatic hydroxyl groups excluding tert-OH is 2. The number of carbonyl (C=O) groups is 3. The molecule has 0 aliphatic carbocycles. The SMILES string of the molecule is CCOC(=O)c1c(-c2ccccc2)oc2ccc(O)c(CN3CCCC(C)C3)c12.O=C(O)C(O)C(O)C(=O)O. The van der Waals surface area contributed by atoms with E-state index in [9.17, 15) is 19.5 Å². The number of furan rings is 1. The van der Waals surface area contributed by atoms with Gasteiger partial charge in [-0.1, -0.05) is 37.3 Å². The van der Waals surface area contributed by atoms with Gasteiger partial charge in [-0.25, -0.2) is 14.4 Å². The number of aromatic hydroxyl groups is 1. The highest BCUT2D eigenvalue weighted by Crippen LogP contribution is 2.39. The lowest BCUT2D eigenvalue weighted by Gasteiger charge is -2.31. The molecule has 5 N–H and O–H groups in total. The second-order valence-corrected chi connectivity index (χ2v) is 9.38. The molecule has 0 spiro atoms. The molecule has 39 heavy (non-hydrogen) atoms. The first-order valence-corrected chi connectivity index (χ1v) is 12.6. The maximum Gasteiger partial charge on any atom is 0.342 e. The van der Waals surface area contributed by atoms with E-state index in [2.05, 4.69) is 11.8 Å². The van der Waals surface area contributed by atoms with Crippen molar-refractivity contribution < 1.29 is 49.1 Å². The van der Waals surface area contributed by atoms with Gasteiger partial charge >= 0.3 is 17.9 Å². The molecule has 3 unspecified atom stereocenters. The number of aliphatic hydroxyl groups is 2. The number of hydrogen-bond acceptors (Lipinski definition) is 9. The Kier molecular flexibility index (Phi) is 10.0. The Morgan fingerprint density at radius 2 is 1.69 bits per heavy atom. The molecule has 0 saturated carbocycles. The summed E-state index contributed by atoms with van der Waals surface area (Å²) < 4.78 is 11.5. The number of phenolic OH excluding ortho intramolecular Hbond substituents is 1. The predicted octanol–water partition coefficient (Wildman–Crippen LogP) is 3.09. The number of benzene rings is 2. The van der Waals surface area contributed by atoms with E-state index in [1.54, 1.807) is 19.1 Å². The Bertz CT molecular complexity index is 1280. The van der Waals surface area contributed by atoms with Crippen LogP contribution in [0.15, 0.2) is 46.9 Å². The number of piperidine rings is 1. The van der Waals surface area contributed by atoms with E-state index in [1.165, 1.54) is 6.42 Å². The zero-order valence-corrected chi connectivity index (χ0v) is 21.7. The Morgan fingerprint density at radius 1 is 1.05 bits per heavy atom. The number of phenols is 1. The van der Waals surface area contributed by atoms with Crippen molar-refractivity contribution in [2.45, 2.75) is 45.4 Å². The predicted molar refractivity (Wildman–Crippen MR) is 140 cm³/mol. The molecule has 1 aliphatic rings. The molecular weight excluding hydrogens is 510 g/mol. The number of fused-ring (bicyclic) bond motifs is 1. The molecule has 2 aromatic carbocycles. The van der Waals surface area contributed by atoms with Gasteiger partial charge in [0.1, 0.15) is 22.7 Å². The van der Waals surface area contributed by atoms with Crippen LogP contribution in [0, 0.1) is 5.92 Å². The number of likely N-dealkylation sites (tertiary alicyclic amines) is 1. The quantitative estimate of drug-likeness (QED) is 0.264. The van der Waals surface area contributed by atoms with E-state index in [0.29, 0.717) is 34.8 Å². The number of ether oxygens (including phenoxy) is 1. The van der Waals surface area contributed by atoms with Crippen LogP contribution in [0.4, 0.5) is 0 Å². The van der Waals surface area contributed by atoms with E-state index >= 15 is 0 Å². The summed E-state index contributed by atoms with van der Waals surface area (Å²) in [6, 6.07) is 12.9. The van der Waals surface area contributed by atoms with Crippen molar-refractivity contribution in [2.24, 2.45) is 5.92 Å². The second kappa shape index (κ2) is 13.2. The fourth-order valence-electron chi connectivity index (χ4n) is 4.52. The molecular formula is C28H33NO10. The molecule has 2 heterocycles. The van der Waals surface area contributed by atoms with Gasteiger partial charge in [0.2, 0.25) is 0 Å². The molecule has 11 heteroatoms. The molecule has 3 aromatic rings. The third kappa shape index (κ3) is 7.14. The van der Waals surface area contributed by atoms with Crippen LogP contribution in [0.2, 0.25) is 0 Å². The second-order valence-electron chi connectivity index (χ2n) is 9.38. The van der Waals surface area contributed by atoms with Crippen molar-refractivity contribution in [3.05, 3.63) is 53.6 Å². The van der Waals surface area contributed by atoms with Gasteiger partial charge in [0, 0.05) is 29.6 Å². The number of carbonyl (C=O) groups excluding carboxylic acids is 1. The molecule has 1 saturated heterocycles. The molecule has 210 valence electrons. The van der Waals surface area contributed by atoms with Gasteiger partial charge in [-0.05, 0) is 44.4 Å². The standard InChI is InChI=1S/C24H27NO4.C4H6O6/c1-3-28-24(27)22-21-18(15-25-13-7-8-16(2)14-25)19(26)11-12-20(21)29-23(22)17-9-5-4-6-10-17;5-1(3(7)8)2(6)4(9)10/h4-6,9-12,16,26H,3,7-8,13-15H2,1-2H3;1-2,5-6H,(H,7,8)(H,9,10). The summed E-state index contributed by atoms with van der Waals surface area (Å²) in [5.41, 5.74) is 2.52. The topological polar surface area (TPSA) is 178 Å². The molecule has 1 aliphatic heterocycles. The van der Waals surface area contributed by atoms with Crippen LogP contribution >= 0.6 is 0 Å². The normalized spacial score (nSPS) is 17.1. The highest BCUT2D eigenvalue weighted by Gasteiger charge is 2.30. The average Bonchev–Trinajstić information content (AvgIpc) is 3.30. The lowest BCUT2D eigenvalue weighted by Crippen LogP contribution is -2.39. The summed E-state index contributed by atoms with van der Waals surface area (Å²) in [5, 5.41) is 43.9. The number of aliphatic carboxylic acids is 2. The van der Waals surface area contributed by atoms with Gasteiger partial charge in [-0.3, -0.25) is 4.90 Å². The summed E-state index contributed by atoms with van der Waals surface area (Å²) in [4.78, 5) is 34.8. The summed E-state index contributed by atoms with van der Waals surface area (Å²) >= 11 is 0. The maximum atomic E-state index is 12.9. The van der Waals surface area contributed by atoms with Gasteiger partial charge < -0.3 is 34.7 Å². The van der Waals surface area contributed by atoms with Gasteiger partial charge in [-0.15, -0.1) is 0 Å². The van der Waals surface area contributed by atoms with Crippen LogP contribution in [0.1, 0.15) is 42.6 Å². The van der Waals surface area contributed by atoms with Crippen molar-refractivity contribution in [3.8, 4) is 17.1 Å². The number of carboxylic acid groups (broad SMARTS) is 2. The van der Waals surface area contributed by atoms with E-state index in [0.717, 1.165) is 30.6 Å². The van der Waals surface area contributed by atoms with Crippen molar-refractivity contribution in [1.82, 2.24) is 4.90 Å². The third-order valence-corrected chi connectivity index (χ3v) is 6.38. The molecule has 1 aromatic heterocycles. The zero-order chi connectivity index (χ0) is 28.7. The van der Waals surface area contributed by atoms with Crippen LogP contribution in [-0.4, -0.2) is 80.2 Å². The molecule has 1 fully saturated rings. The number of hydrogen-bond donors (Lipinski definition) is 5. The number of rotatable bonds is 8. The van der Waals surface area contributed by atoms with Gasteiger partial charge in [-0.2, -0.15) is 0 Å². The van der Waals surface area contributed by atoms with Gasteiger partial charge in [0.15, 0.2) is 12.2 Å². The van der Waals surface area contributed by atoms with E-state index < -0.39 is 30.1 Å². The molecule has 4 rings (SSSR count). The Hall–Kier alpha value is -3.93. The minimum atomic E-state index is -2.27. The average molecular weight is 544 g/mol. The van der Waals surface area contributed by atoms with Crippen LogP contribution in [0.5, 0.6) is 5.75 Å². The smallest absolute Gasteiger partial charge is 0.342 e. The molecule has 11 nitrogen and oxygen atoms in total. The van der Waals surface area contributed by atoms with E-state index in [4.69, 9.17) is 29.6 Å². The van der Waals surface area contributed by atoms with Crippen LogP contribution < -0.4 is 0 Å². The van der Waals surface area contributed by atoms with Crippen molar-refractivity contribution in [1.29, 1.82) is 0 Å². The van der Waals surface area contributed by atoms with E-state index in [1.807, 2.05) is 30.3 Å². The number of nitrogens with zero attached hydrogens (tertiary/aromatic N) is 1. The maximum absolute atomic E-state index is 12.9. The first kappa shape index (κ1) is 29.6. The van der Waals surface area contributed by atoms with Crippen molar-refractivity contribution in [2.75, 3.05) is 19.7 Å². The summed E-state index contributed by atoms with van der Waals surface area (Å²) in [5.74, 6) is -2.67. The summed E-state index contributed by atoms with van der Waals surface area (Å²) in [6.45, 7) is 6.86. The Morgan fingerprint density at radius 3 is 2.26 bits per heavy atom. The Labute approximate surface area is 224 Å². The Balaban J connectivity index is 0.000000360. The molecule has 0 amide bonds. The minimum absolute atomic E-state index is 0.182. The molecule has 3 atom stereocenters. The molecule has 0 radical (unpaired) electrons. The zero-order valence-electron chi connectivity index (χ0n) is 21.7. The highest BCUT2D eigenvalue weighted by molar-refractivity contribution is 6.10. The summed E-state index contributed by atoms with van der Waals surface area (Å²) in [6.07, 6.45) is -2.16. The van der Waals surface area contributed by atoms with Crippen LogP contribution in [0.25, 0.3) is 22.3 Å². The van der Waals surface area contributed by atoms with Crippen molar-refractivity contribution in [3.63, 3.8) is 0 Å². The number of esters is 1. The highest BCUT2D eigenvalue weighted by atomic mass is 16.5. The largest absolute Gasteiger partial charge is 0.508 e. The summed E-state index contributed by atoms with van der Waals surface area (Å²) in [7, 11) is 0.